The highest BCUT2D eigenvalue weighted by atomic mass is 35.5. The van der Waals surface area contributed by atoms with Crippen LogP contribution in [0.1, 0.15) is 19.8 Å². The van der Waals surface area contributed by atoms with Crippen molar-refractivity contribution in [3.8, 4) is 0 Å². The van der Waals surface area contributed by atoms with E-state index in [9.17, 15) is 8.42 Å². The zero-order valence-electron chi connectivity index (χ0n) is 8.91. The van der Waals surface area contributed by atoms with Crippen LogP contribution in [0.2, 0.25) is 0 Å². The second-order valence-corrected chi connectivity index (χ2v) is 6.14. The predicted molar refractivity (Wildman–Crippen MR) is 60.6 cm³/mol. The number of halogens is 1. The minimum Gasteiger partial charge on any atom is -0.381 e. The minimum absolute atomic E-state index is 0.0483. The molecule has 1 aliphatic rings. The molecule has 4 nitrogen and oxygen atoms in total. The van der Waals surface area contributed by atoms with Crippen LogP contribution >= 0.6 is 11.6 Å². The van der Waals surface area contributed by atoms with Crippen molar-refractivity contribution >= 4 is 21.6 Å². The maximum atomic E-state index is 11.5. The second kappa shape index (κ2) is 6.03. The number of sulfonamides is 1. The van der Waals surface area contributed by atoms with Crippen LogP contribution in [-0.4, -0.2) is 39.3 Å². The van der Waals surface area contributed by atoms with Crippen molar-refractivity contribution < 1.29 is 13.2 Å². The predicted octanol–water partition coefficient (Wildman–Crippen LogP) is 0.960. The molecule has 0 aromatic rings. The van der Waals surface area contributed by atoms with Crippen molar-refractivity contribution in [1.29, 1.82) is 0 Å². The number of hydrogen-bond acceptors (Lipinski definition) is 3. The third-order valence-corrected chi connectivity index (χ3v) is 4.41. The molecule has 0 bridgehead atoms. The van der Waals surface area contributed by atoms with Gasteiger partial charge in [0.15, 0.2) is 0 Å². The van der Waals surface area contributed by atoms with E-state index < -0.39 is 10.0 Å². The third-order valence-electron chi connectivity index (χ3n) is 2.58. The summed E-state index contributed by atoms with van der Waals surface area (Å²) in [7, 11) is -3.17. The zero-order valence-corrected chi connectivity index (χ0v) is 10.5. The van der Waals surface area contributed by atoms with Gasteiger partial charge in [-0.3, -0.25) is 0 Å². The lowest BCUT2D eigenvalue weighted by Gasteiger charge is -2.18. The van der Waals surface area contributed by atoms with Crippen LogP contribution in [0.15, 0.2) is 0 Å². The van der Waals surface area contributed by atoms with Crippen molar-refractivity contribution in [2.24, 2.45) is 5.92 Å². The largest absolute Gasteiger partial charge is 0.381 e. The molecule has 0 aliphatic carbocycles. The number of ether oxygens (including phenoxy) is 1. The van der Waals surface area contributed by atoms with Gasteiger partial charge in [-0.1, -0.05) is 0 Å². The lowest BCUT2D eigenvalue weighted by atomic mass is 10.0. The number of alkyl halides is 1. The second-order valence-electron chi connectivity index (χ2n) is 3.89. The van der Waals surface area contributed by atoms with Crippen LogP contribution in [0.3, 0.4) is 0 Å². The molecule has 0 amide bonds. The Hall–Kier alpha value is 0.160. The molecule has 0 aromatic heterocycles. The molecule has 1 rings (SSSR count). The molecule has 2 unspecified atom stereocenters. The van der Waals surface area contributed by atoms with Gasteiger partial charge in [0.1, 0.15) is 0 Å². The van der Waals surface area contributed by atoms with E-state index in [2.05, 4.69) is 4.72 Å². The van der Waals surface area contributed by atoms with E-state index in [0.717, 1.165) is 13.0 Å². The van der Waals surface area contributed by atoms with E-state index in [4.69, 9.17) is 16.3 Å². The fourth-order valence-corrected chi connectivity index (χ4v) is 3.32. The van der Waals surface area contributed by atoms with Crippen molar-refractivity contribution in [3.05, 3.63) is 0 Å². The van der Waals surface area contributed by atoms with Gasteiger partial charge in [-0.25, -0.2) is 13.1 Å². The van der Waals surface area contributed by atoms with Crippen molar-refractivity contribution in [3.63, 3.8) is 0 Å². The van der Waals surface area contributed by atoms with Gasteiger partial charge >= 0.3 is 0 Å². The normalized spacial score (nSPS) is 24.3. The number of nitrogens with one attached hydrogen (secondary N) is 1. The van der Waals surface area contributed by atoms with Crippen molar-refractivity contribution in [2.45, 2.75) is 25.8 Å². The Balaban J connectivity index is 2.38. The molecular weight excluding hydrogens is 238 g/mol. The summed E-state index contributed by atoms with van der Waals surface area (Å²) in [5, 5.41) is 0. The first-order chi connectivity index (χ1) is 7.05. The van der Waals surface area contributed by atoms with Crippen LogP contribution in [0.4, 0.5) is 0 Å². The van der Waals surface area contributed by atoms with E-state index in [1.807, 2.05) is 6.92 Å². The first kappa shape index (κ1) is 13.2. The van der Waals surface area contributed by atoms with Crippen LogP contribution in [0, 0.1) is 5.92 Å². The Morgan fingerprint density at radius 1 is 1.60 bits per heavy atom. The van der Waals surface area contributed by atoms with Crippen LogP contribution in [0.5, 0.6) is 0 Å². The summed E-state index contributed by atoms with van der Waals surface area (Å²) in [6.07, 6.45) is 1.42. The average Bonchev–Trinajstić information content (AvgIpc) is 2.67. The zero-order chi connectivity index (χ0) is 11.3. The summed E-state index contributed by atoms with van der Waals surface area (Å²) >= 11 is 5.46. The monoisotopic (exact) mass is 255 g/mol. The van der Waals surface area contributed by atoms with Gasteiger partial charge in [-0.15, -0.1) is 11.6 Å². The maximum absolute atomic E-state index is 11.5. The van der Waals surface area contributed by atoms with Gasteiger partial charge in [0, 0.05) is 24.4 Å². The SMILES string of the molecule is CC(NS(=O)(=O)CCCCl)C1CCOC1. The highest BCUT2D eigenvalue weighted by Gasteiger charge is 2.25. The third kappa shape index (κ3) is 4.68. The molecule has 0 saturated carbocycles. The molecule has 1 fully saturated rings. The molecule has 90 valence electrons. The van der Waals surface area contributed by atoms with Crippen LogP contribution < -0.4 is 4.72 Å². The molecule has 0 spiro atoms. The van der Waals surface area contributed by atoms with Gasteiger partial charge < -0.3 is 4.74 Å². The number of rotatable bonds is 6. The molecule has 2 atom stereocenters. The van der Waals surface area contributed by atoms with Crippen LogP contribution in [-0.2, 0) is 14.8 Å². The highest BCUT2D eigenvalue weighted by Crippen LogP contribution is 2.17. The fraction of sp³-hybridized carbons (Fsp3) is 1.00. The summed E-state index contributed by atoms with van der Waals surface area (Å²) in [6, 6.07) is -0.0483. The van der Waals surface area contributed by atoms with Gasteiger partial charge in [-0.05, 0) is 19.8 Å². The fourth-order valence-electron chi connectivity index (χ4n) is 1.63. The first-order valence-electron chi connectivity index (χ1n) is 5.19. The minimum atomic E-state index is -3.17. The average molecular weight is 256 g/mol. The molecule has 6 heteroatoms. The quantitative estimate of drug-likeness (QED) is 0.720. The van der Waals surface area contributed by atoms with Crippen LogP contribution in [0.25, 0.3) is 0 Å². The Kier molecular flexibility index (Phi) is 5.32. The van der Waals surface area contributed by atoms with E-state index in [-0.39, 0.29) is 11.8 Å². The van der Waals surface area contributed by atoms with Gasteiger partial charge in [0.2, 0.25) is 10.0 Å². The first-order valence-corrected chi connectivity index (χ1v) is 7.37. The van der Waals surface area contributed by atoms with Gasteiger partial charge in [-0.2, -0.15) is 0 Å². The van der Waals surface area contributed by atoms with E-state index >= 15 is 0 Å². The Morgan fingerprint density at radius 2 is 2.33 bits per heavy atom. The summed E-state index contributed by atoms with van der Waals surface area (Å²) in [4.78, 5) is 0. The molecule has 1 aliphatic heterocycles. The molecule has 1 saturated heterocycles. The summed E-state index contributed by atoms with van der Waals surface area (Å²) in [6.45, 7) is 3.27. The summed E-state index contributed by atoms with van der Waals surface area (Å²) < 4.78 is 31.0. The smallest absolute Gasteiger partial charge is 0.211 e. The number of hydrogen-bond donors (Lipinski definition) is 1. The Bertz CT molecular complexity index is 275. The van der Waals surface area contributed by atoms with E-state index in [1.54, 1.807) is 0 Å². The topological polar surface area (TPSA) is 55.4 Å². The summed E-state index contributed by atoms with van der Waals surface area (Å²) in [5.41, 5.74) is 0. The van der Waals surface area contributed by atoms with Crippen molar-refractivity contribution in [2.75, 3.05) is 24.8 Å². The molecule has 15 heavy (non-hydrogen) atoms. The summed E-state index contributed by atoms with van der Waals surface area (Å²) in [5.74, 6) is 0.784. The molecular formula is C9H18ClNO3S. The molecule has 1 N–H and O–H groups in total. The molecule has 0 radical (unpaired) electrons. The van der Waals surface area contributed by atoms with E-state index in [1.165, 1.54) is 0 Å². The highest BCUT2D eigenvalue weighted by molar-refractivity contribution is 7.89. The molecule has 1 heterocycles. The van der Waals surface area contributed by atoms with Gasteiger partial charge in [0.05, 0.1) is 12.4 Å². The lowest BCUT2D eigenvalue weighted by molar-refractivity contribution is 0.180. The Labute approximate surface area is 96.4 Å². The maximum Gasteiger partial charge on any atom is 0.211 e. The van der Waals surface area contributed by atoms with E-state index in [0.29, 0.717) is 24.8 Å². The Morgan fingerprint density at radius 3 is 2.87 bits per heavy atom. The lowest BCUT2D eigenvalue weighted by Crippen LogP contribution is -2.39. The van der Waals surface area contributed by atoms with Gasteiger partial charge in [0.25, 0.3) is 0 Å². The van der Waals surface area contributed by atoms with Crippen molar-refractivity contribution in [1.82, 2.24) is 4.72 Å². The molecule has 0 aromatic carbocycles. The standard InChI is InChI=1S/C9H18ClNO3S/c1-8(9-3-5-14-7-9)11-15(12,13)6-2-4-10/h8-9,11H,2-7H2,1H3.